The predicted octanol–water partition coefficient (Wildman–Crippen LogP) is 0.166. The SMILES string of the molecule is Nc1cn(O)c(=NCc2ccoc2)c(N)c1N. The van der Waals surface area contributed by atoms with Crippen LogP contribution < -0.4 is 22.7 Å². The summed E-state index contributed by atoms with van der Waals surface area (Å²) in [6.07, 6.45) is 4.35. The molecule has 7 nitrogen and oxygen atoms in total. The topological polar surface area (TPSA) is 129 Å². The first-order chi connectivity index (χ1) is 8.09. The average molecular weight is 235 g/mol. The minimum absolute atomic E-state index is 0.149. The van der Waals surface area contributed by atoms with Gasteiger partial charge in [-0.25, -0.2) is 0 Å². The average Bonchev–Trinajstić information content (AvgIpc) is 2.79. The molecule has 0 spiro atoms. The zero-order valence-corrected chi connectivity index (χ0v) is 9.00. The molecule has 0 radical (unpaired) electrons. The molecule has 0 aliphatic rings. The van der Waals surface area contributed by atoms with Crippen molar-refractivity contribution in [2.75, 3.05) is 17.2 Å². The summed E-state index contributed by atoms with van der Waals surface area (Å²) in [6.45, 7) is 0.324. The van der Waals surface area contributed by atoms with Gasteiger partial charge in [-0.15, -0.1) is 0 Å². The maximum atomic E-state index is 9.61. The zero-order chi connectivity index (χ0) is 12.4. The lowest BCUT2D eigenvalue weighted by Crippen LogP contribution is -2.25. The molecule has 0 unspecified atom stereocenters. The molecule has 0 aliphatic carbocycles. The second kappa shape index (κ2) is 4.12. The van der Waals surface area contributed by atoms with Crippen LogP contribution in [0.3, 0.4) is 0 Å². The van der Waals surface area contributed by atoms with Gasteiger partial charge in [-0.1, -0.05) is 0 Å². The molecule has 2 heterocycles. The Balaban J connectivity index is 2.45. The standard InChI is InChI=1S/C10H13N5O2/c11-7-4-15(16)10(9(13)8(7)12)14-3-6-1-2-17-5-6/h1-2,4-5,16H,3,11-13H2. The van der Waals surface area contributed by atoms with E-state index in [2.05, 4.69) is 4.99 Å². The number of furan rings is 1. The van der Waals surface area contributed by atoms with Crippen molar-refractivity contribution in [3.8, 4) is 0 Å². The summed E-state index contributed by atoms with van der Waals surface area (Å²) in [6, 6.07) is 1.77. The number of rotatable bonds is 2. The first kappa shape index (κ1) is 10.9. The summed E-state index contributed by atoms with van der Waals surface area (Å²) >= 11 is 0. The van der Waals surface area contributed by atoms with Gasteiger partial charge in [0.25, 0.3) is 0 Å². The van der Waals surface area contributed by atoms with Crippen LogP contribution >= 0.6 is 0 Å². The van der Waals surface area contributed by atoms with Crippen LogP contribution in [-0.2, 0) is 6.54 Å². The van der Waals surface area contributed by atoms with Crippen molar-refractivity contribution in [1.82, 2.24) is 4.73 Å². The van der Waals surface area contributed by atoms with Crippen LogP contribution in [-0.4, -0.2) is 9.94 Å². The highest BCUT2D eigenvalue weighted by atomic mass is 16.5. The Bertz CT molecular complexity index is 585. The summed E-state index contributed by atoms with van der Waals surface area (Å²) < 4.78 is 5.65. The third-order valence-corrected chi connectivity index (χ3v) is 2.31. The Labute approximate surface area is 96.7 Å². The van der Waals surface area contributed by atoms with Gasteiger partial charge in [0.05, 0.1) is 36.6 Å². The molecule has 0 saturated heterocycles. The number of aromatic nitrogens is 1. The number of hydrogen-bond acceptors (Lipinski definition) is 6. The van der Waals surface area contributed by atoms with Crippen LogP contribution in [0.1, 0.15) is 5.56 Å². The minimum Gasteiger partial charge on any atom is -0.472 e. The first-order valence-electron chi connectivity index (χ1n) is 4.86. The Morgan fingerprint density at radius 2 is 2.06 bits per heavy atom. The summed E-state index contributed by atoms with van der Waals surface area (Å²) in [5.41, 5.74) is 18.5. The van der Waals surface area contributed by atoms with Crippen molar-refractivity contribution in [2.24, 2.45) is 4.99 Å². The van der Waals surface area contributed by atoms with E-state index in [0.717, 1.165) is 10.3 Å². The molecule has 7 N–H and O–H groups in total. The van der Waals surface area contributed by atoms with Gasteiger partial charge >= 0.3 is 0 Å². The molecule has 7 heteroatoms. The van der Waals surface area contributed by atoms with E-state index in [1.54, 1.807) is 18.6 Å². The Hall–Kier alpha value is -2.57. The third-order valence-electron chi connectivity index (χ3n) is 2.31. The molecular weight excluding hydrogens is 222 g/mol. The largest absolute Gasteiger partial charge is 0.472 e. The van der Waals surface area contributed by atoms with Crippen molar-refractivity contribution in [2.45, 2.75) is 6.54 Å². The Kier molecular flexibility index (Phi) is 2.65. The number of hydrogen-bond donors (Lipinski definition) is 4. The highest BCUT2D eigenvalue weighted by Gasteiger charge is 2.06. The molecule has 0 atom stereocenters. The molecule has 2 rings (SSSR count). The molecule has 0 aromatic carbocycles. The number of nitrogens with two attached hydrogens (primary N) is 3. The maximum Gasteiger partial charge on any atom is 0.189 e. The van der Waals surface area contributed by atoms with Crippen LogP contribution in [0.2, 0.25) is 0 Å². The maximum absolute atomic E-state index is 9.61. The fraction of sp³-hybridized carbons (Fsp3) is 0.100. The molecule has 0 bridgehead atoms. The summed E-state index contributed by atoms with van der Waals surface area (Å²) in [4.78, 5) is 4.14. The molecule has 17 heavy (non-hydrogen) atoms. The smallest absolute Gasteiger partial charge is 0.189 e. The van der Waals surface area contributed by atoms with Crippen molar-refractivity contribution < 1.29 is 9.62 Å². The summed E-state index contributed by atoms with van der Waals surface area (Å²) in [7, 11) is 0. The number of nitrogen functional groups attached to an aromatic ring is 3. The molecular formula is C10H13N5O2. The van der Waals surface area contributed by atoms with Gasteiger partial charge < -0.3 is 26.8 Å². The number of pyridine rings is 1. The van der Waals surface area contributed by atoms with Crippen LogP contribution in [0, 0.1) is 0 Å². The van der Waals surface area contributed by atoms with Crippen molar-refractivity contribution in [1.29, 1.82) is 0 Å². The van der Waals surface area contributed by atoms with Crippen molar-refractivity contribution >= 4 is 17.1 Å². The lowest BCUT2D eigenvalue weighted by molar-refractivity contribution is 0.173. The van der Waals surface area contributed by atoms with Gasteiger partial charge in [-0.05, 0) is 6.07 Å². The number of nitrogens with zero attached hydrogens (tertiary/aromatic N) is 2. The normalized spacial score (nSPS) is 11.9. The molecule has 0 aliphatic heterocycles. The Morgan fingerprint density at radius 1 is 1.29 bits per heavy atom. The van der Waals surface area contributed by atoms with Crippen molar-refractivity contribution in [3.05, 3.63) is 35.8 Å². The molecule has 2 aromatic heterocycles. The molecule has 2 aromatic rings. The molecule has 0 amide bonds. The van der Waals surface area contributed by atoms with E-state index in [0.29, 0.717) is 6.54 Å². The highest BCUT2D eigenvalue weighted by molar-refractivity contribution is 5.75. The second-order valence-corrected chi connectivity index (χ2v) is 3.53. The van der Waals surface area contributed by atoms with Crippen LogP contribution in [0.25, 0.3) is 0 Å². The number of anilines is 3. The van der Waals surface area contributed by atoms with Gasteiger partial charge in [0.15, 0.2) is 5.49 Å². The summed E-state index contributed by atoms with van der Waals surface area (Å²) in [5.74, 6) is 0. The molecule has 0 fully saturated rings. The van der Waals surface area contributed by atoms with Gasteiger partial charge in [-0.2, -0.15) is 4.73 Å². The van der Waals surface area contributed by atoms with Crippen LogP contribution in [0.5, 0.6) is 0 Å². The van der Waals surface area contributed by atoms with E-state index in [4.69, 9.17) is 21.6 Å². The monoisotopic (exact) mass is 235 g/mol. The van der Waals surface area contributed by atoms with E-state index in [-0.39, 0.29) is 22.5 Å². The lowest BCUT2D eigenvalue weighted by Gasteiger charge is -2.07. The van der Waals surface area contributed by atoms with Gasteiger partial charge in [-0.3, -0.25) is 4.99 Å². The first-order valence-corrected chi connectivity index (χ1v) is 4.86. The van der Waals surface area contributed by atoms with Crippen molar-refractivity contribution in [3.63, 3.8) is 0 Å². The van der Waals surface area contributed by atoms with E-state index >= 15 is 0 Å². The quantitative estimate of drug-likeness (QED) is 0.551. The van der Waals surface area contributed by atoms with Gasteiger partial charge in [0.1, 0.15) is 5.69 Å². The highest BCUT2D eigenvalue weighted by Crippen LogP contribution is 2.17. The second-order valence-electron chi connectivity index (χ2n) is 3.53. The van der Waals surface area contributed by atoms with Gasteiger partial charge in [0.2, 0.25) is 0 Å². The van der Waals surface area contributed by atoms with Gasteiger partial charge in [0, 0.05) is 5.56 Å². The Morgan fingerprint density at radius 3 is 2.71 bits per heavy atom. The van der Waals surface area contributed by atoms with Crippen LogP contribution in [0.4, 0.5) is 17.1 Å². The van der Waals surface area contributed by atoms with Crippen LogP contribution in [0.15, 0.2) is 34.2 Å². The fourth-order valence-electron chi connectivity index (χ4n) is 1.37. The lowest BCUT2D eigenvalue weighted by atomic mass is 10.3. The van der Waals surface area contributed by atoms with E-state index in [1.165, 1.54) is 6.20 Å². The zero-order valence-electron chi connectivity index (χ0n) is 9.00. The predicted molar refractivity (Wildman–Crippen MR) is 62.8 cm³/mol. The van der Waals surface area contributed by atoms with E-state index in [9.17, 15) is 5.21 Å². The minimum atomic E-state index is 0.149. The van der Waals surface area contributed by atoms with E-state index < -0.39 is 0 Å². The third kappa shape index (κ3) is 2.03. The molecule has 90 valence electrons. The fourth-order valence-corrected chi connectivity index (χ4v) is 1.37. The summed E-state index contributed by atoms with van der Waals surface area (Å²) in [5, 5.41) is 9.61. The molecule has 0 saturated carbocycles. The van der Waals surface area contributed by atoms with E-state index in [1.807, 2.05) is 0 Å².